The van der Waals surface area contributed by atoms with Crippen molar-refractivity contribution in [2.75, 3.05) is 21.3 Å². The normalized spacial score (nSPS) is 13.7. The van der Waals surface area contributed by atoms with Crippen molar-refractivity contribution < 1.29 is 19.0 Å². The summed E-state index contributed by atoms with van der Waals surface area (Å²) in [6, 6.07) is 20.3. The van der Waals surface area contributed by atoms with Crippen LogP contribution >= 0.6 is 0 Å². The fourth-order valence-electron chi connectivity index (χ4n) is 4.34. The van der Waals surface area contributed by atoms with Crippen LogP contribution in [0.4, 0.5) is 0 Å². The number of hydrogen-bond acceptors (Lipinski definition) is 4. The molecule has 164 valence electrons. The number of hydrogen-bond donors (Lipinski definition) is 0. The third-order valence-electron chi connectivity index (χ3n) is 5.99. The molecule has 0 aromatic heterocycles. The first kappa shape index (κ1) is 21.7. The van der Waals surface area contributed by atoms with Crippen molar-refractivity contribution in [2.45, 2.75) is 25.7 Å². The molecule has 0 bridgehead atoms. The first-order chi connectivity index (χ1) is 15.6. The molecule has 3 aromatic carbocycles. The first-order valence-electron chi connectivity index (χ1n) is 10.8. The number of rotatable bonds is 7. The molecule has 0 fully saturated rings. The topological polar surface area (TPSA) is 44.8 Å². The van der Waals surface area contributed by atoms with Crippen LogP contribution in [0, 0.1) is 0 Å². The highest BCUT2D eigenvalue weighted by Crippen LogP contribution is 2.37. The van der Waals surface area contributed by atoms with Crippen molar-refractivity contribution in [3.63, 3.8) is 0 Å². The molecule has 0 spiro atoms. The van der Waals surface area contributed by atoms with Crippen molar-refractivity contribution in [1.82, 2.24) is 0 Å². The quantitative estimate of drug-likeness (QED) is 0.449. The maximum atomic E-state index is 11.7. The maximum absolute atomic E-state index is 11.7. The molecule has 1 aliphatic carbocycles. The molecular formula is C28H28O4. The number of benzene rings is 3. The highest BCUT2D eigenvalue weighted by atomic mass is 16.5. The molecule has 0 aliphatic heterocycles. The molecule has 0 heterocycles. The Labute approximate surface area is 189 Å². The van der Waals surface area contributed by atoms with Crippen molar-refractivity contribution in [3.8, 4) is 11.5 Å². The van der Waals surface area contributed by atoms with Gasteiger partial charge in [0.05, 0.1) is 26.9 Å². The van der Waals surface area contributed by atoms with E-state index in [1.807, 2.05) is 42.5 Å². The van der Waals surface area contributed by atoms with E-state index in [-0.39, 0.29) is 5.97 Å². The lowest BCUT2D eigenvalue weighted by atomic mass is 9.94. The van der Waals surface area contributed by atoms with E-state index in [4.69, 9.17) is 14.2 Å². The van der Waals surface area contributed by atoms with Gasteiger partial charge in [0.2, 0.25) is 0 Å². The van der Waals surface area contributed by atoms with Crippen LogP contribution in [-0.2, 0) is 24.0 Å². The highest BCUT2D eigenvalue weighted by Gasteiger charge is 2.19. The molecule has 3 aromatic rings. The van der Waals surface area contributed by atoms with Crippen molar-refractivity contribution in [2.24, 2.45) is 0 Å². The van der Waals surface area contributed by atoms with Gasteiger partial charge in [-0.1, -0.05) is 36.4 Å². The van der Waals surface area contributed by atoms with E-state index in [2.05, 4.69) is 24.3 Å². The molecule has 4 rings (SSSR count). The lowest BCUT2D eigenvalue weighted by Crippen LogP contribution is -2.01. The number of fused-ring (bicyclic) bond motifs is 1. The summed E-state index contributed by atoms with van der Waals surface area (Å²) in [4.78, 5) is 11.7. The van der Waals surface area contributed by atoms with E-state index in [1.54, 1.807) is 14.2 Å². The zero-order valence-corrected chi connectivity index (χ0v) is 18.8. The monoisotopic (exact) mass is 428 g/mol. The summed E-state index contributed by atoms with van der Waals surface area (Å²) in [5.41, 5.74) is 8.36. The lowest BCUT2D eigenvalue weighted by Gasteiger charge is -2.12. The molecule has 4 nitrogen and oxygen atoms in total. The number of allylic oxidation sites excluding steroid dienone is 1. The van der Waals surface area contributed by atoms with Gasteiger partial charge in [0.15, 0.2) is 0 Å². The van der Waals surface area contributed by atoms with Gasteiger partial charge in [-0.25, -0.2) is 4.79 Å². The summed E-state index contributed by atoms with van der Waals surface area (Å²) >= 11 is 0. The Hall–Kier alpha value is -3.53. The van der Waals surface area contributed by atoms with Gasteiger partial charge in [0.1, 0.15) is 11.5 Å². The van der Waals surface area contributed by atoms with E-state index >= 15 is 0 Å². The number of aryl methyl sites for hydroxylation is 3. The summed E-state index contributed by atoms with van der Waals surface area (Å²) < 4.78 is 15.7. The van der Waals surface area contributed by atoms with Crippen LogP contribution in [0.5, 0.6) is 11.5 Å². The van der Waals surface area contributed by atoms with E-state index in [1.165, 1.54) is 34.9 Å². The van der Waals surface area contributed by atoms with Gasteiger partial charge in [-0.05, 0) is 83.3 Å². The number of methoxy groups -OCH3 is 3. The van der Waals surface area contributed by atoms with Crippen LogP contribution in [0.15, 0.2) is 60.7 Å². The van der Waals surface area contributed by atoms with Crippen molar-refractivity contribution in [1.29, 1.82) is 0 Å². The standard InChI is InChI=1S/C28H28O4/c1-30-25-16-20(17-26(18-25)31-2)15-24-14-13-22-6-4-5-21(27(22)24)10-7-19-8-11-23(12-9-19)28(29)32-3/h4-6,8-9,11-12,15-18H,7,10,13-14H2,1-3H3/b24-15+. The van der Waals surface area contributed by atoms with E-state index < -0.39 is 0 Å². The average Bonchev–Trinajstić information content (AvgIpc) is 3.25. The van der Waals surface area contributed by atoms with Gasteiger partial charge in [-0.2, -0.15) is 0 Å². The van der Waals surface area contributed by atoms with E-state index in [0.717, 1.165) is 42.7 Å². The van der Waals surface area contributed by atoms with Gasteiger partial charge in [0, 0.05) is 6.07 Å². The molecule has 0 radical (unpaired) electrons. The molecule has 0 atom stereocenters. The molecule has 0 N–H and O–H groups in total. The zero-order valence-electron chi connectivity index (χ0n) is 18.8. The fourth-order valence-corrected chi connectivity index (χ4v) is 4.34. The zero-order chi connectivity index (χ0) is 22.5. The second-order valence-electron chi connectivity index (χ2n) is 7.96. The van der Waals surface area contributed by atoms with Crippen LogP contribution in [0.25, 0.3) is 11.6 Å². The summed E-state index contributed by atoms with van der Waals surface area (Å²) in [7, 11) is 4.75. The Morgan fingerprint density at radius 3 is 2.25 bits per heavy atom. The van der Waals surface area contributed by atoms with Gasteiger partial charge >= 0.3 is 5.97 Å². The molecule has 4 heteroatoms. The second-order valence-corrected chi connectivity index (χ2v) is 7.96. The maximum Gasteiger partial charge on any atom is 0.337 e. The molecule has 0 saturated carbocycles. The van der Waals surface area contributed by atoms with Crippen molar-refractivity contribution >= 4 is 17.6 Å². The van der Waals surface area contributed by atoms with Crippen molar-refractivity contribution in [3.05, 3.63) is 94.0 Å². The summed E-state index contributed by atoms with van der Waals surface area (Å²) in [6.45, 7) is 0. The molecule has 0 saturated heterocycles. The predicted octanol–water partition coefficient (Wildman–Crippen LogP) is 5.76. The molecule has 1 aliphatic rings. The molecule has 32 heavy (non-hydrogen) atoms. The molecular weight excluding hydrogens is 400 g/mol. The minimum Gasteiger partial charge on any atom is -0.497 e. The van der Waals surface area contributed by atoms with Crippen LogP contribution in [0.3, 0.4) is 0 Å². The SMILES string of the molecule is COC(=O)c1ccc(CCc2cccc3c2/C(=C/c2cc(OC)cc(OC)c2)CC3)cc1. The Bertz CT molecular complexity index is 1120. The molecule has 0 amide bonds. The van der Waals surface area contributed by atoms with E-state index in [9.17, 15) is 4.79 Å². The van der Waals surface area contributed by atoms with Crippen LogP contribution in [0.1, 0.15) is 44.6 Å². The minimum absolute atomic E-state index is 0.304. The summed E-state index contributed by atoms with van der Waals surface area (Å²) in [6.07, 6.45) is 6.20. The third kappa shape index (κ3) is 4.70. The largest absolute Gasteiger partial charge is 0.497 e. The van der Waals surface area contributed by atoms with Crippen LogP contribution in [-0.4, -0.2) is 27.3 Å². The summed E-state index contributed by atoms with van der Waals surface area (Å²) in [5, 5.41) is 0. The highest BCUT2D eigenvalue weighted by molar-refractivity contribution is 5.89. The van der Waals surface area contributed by atoms with Crippen LogP contribution < -0.4 is 9.47 Å². The average molecular weight is 429 g/mol. The Kier molecular flexibility index (Phi) is 6.60. The lowest BCUT2D eigenvalue weighted by molar-refractivity contribution is 0.0600. The van der Waals surface area contributed by atoms with E-state index in [0.29, 0.717) is 5.56 Å². The fraction of sp³-hybridized carbons (Fsp3) is 0.250. The van der Waals surface area contributed by atoms with Gasteiger partial charge in [-0.15, -0.1) is 0 Å². The smallest absolute Gasteiger partial charge is 0.337 e. The van der Waals surface area contributed by atoms with Gasteiger partial charge in [0.25, 0.3) is 0 Å². The third-order valence-corrected chi connectivity index (χ3v) is 5.99. The Morgan fingerprint density at radius 1 is 0.875 bits per heavy atom. The summed E-state index contributed by atoms with van der Waals surface area (Å²) in [5.74, 6) is 1.28. The Balaban J connectivity index is 1.58. The Morgan fingerprint density at radius 2 is 1.59 bits per heavy atom. The number of carbonyl (C=O) groups is 1. The number of ether oxygens (including phenoxy) is 3. The van der Waals surface area contributed by atoms with Gasteiger partial charge in [-0.3, -0.25) is 0 Å². The minimum atomic E-state index is -0.304. The number of carbonyl (C=O) groups excluding carboxylic acids is 1. The predicted molar refractivity (Wildman–Crippen MR) is 127 cm³/mol. The van der Waals surface area contributed by atoms with Crippen LogP contribution in [0.2, 0.25) is 0 Å². The number of esters is 1. The van der Waals surface area contributed by atoms with Gasteiger partial charge < -0.3 is 14.2 Å². The second kappa shape index (κ2) is 9.73. The first-order valence-corrected chi connectivity index (χ1v) is 10.8. The molecule has 0 unspecified atom stereocenters.